The van der Waals surface area contributed by atoms with Crippen LogP contribution in [0.1, 0.15) is 46.5 Å². The molecule has 5 nitrogen and oxygen atoms in total. The van der Waals surface area contributed by atoms with Gasteiger partial charge in [-0.1, -0.05) is 20.8 Å². The molecule has 0 saturated carbocycles. The lowest BCUT2D eigenvalue weighted by Gasteiger charge is -2.25. The summed E-state index contributed by atoms with van der Waals surface area (Å²) in [5.41, 5.74) is -0.745. The van der Waals surface area contributed by atoms with Crippen molar-refractivity contribution in [2.75, 3.05) is 13.1 Å². The van der Waals surface area contributed by atoms with E-state index in [1.807, 2.05) is 20.8 Å². The summed E-state index contributed by atoms with van der Waals surface area (Å²) in [6.45, 7) is 6.80. The summed E-state index contributed by atoms with van der Waals surface area (Å²) in [5.74, 6) is -0.789. The number of aliphatic carboxylic acids is 1. The summed E-state index contributed by atoms with van der Waals surface area (Å²) in [5, 5.41) is 12.2. The molecule has 2 N–H and O–H groups in total. The number of nitrogens with zero attached hydrogens (tertiary/aromatic N) is 1. The molecule has 1 atom stereocenters. The lowest BCUT2D eigenvalue weighted by molar-refractivity contribution is -0.148. The van der Waals surface area contributed by atoms with Gasteiger partial charge >= 0.3 is 12.0 Å². The van der Waals surface area contributed by atoms with Gasteiger partial charge in [0.2, 0.25) is 0 Å². The Morgan fingerprint density at radius 3 is 2.33 bits per heavy atom. The van der Waals surface area contributed by atoms with Crippen LogP contribution in [0.5, 0.6) is 0 Å². The van der Waals surface area contributed by atoms with E-state index in [4.69, 9.17) is 0 Å². The molecule has 1 aliphatic rings. The Morgan fingerprint density at radius 2 is 1.94 bits per heavy atom. The SMILES string of the molecule is CCC(CC)NC(=O)N1CCC(CC)(C(=O)O)C1. The maximum absolute atomic E-state index is 12.0. The Bertz CT molecular complexity index is 315. The molecular weight excluding hydrogens is 232 g/mol. The molecule has 0 aromatic rings. The molecule has 18 heavy (non-hydrogen) atoms. The molecule has 0 radical (unpaired) electrons. The molecule has 104 valence electrons. The molecule has 0 aromatic heterocycles. The smallest absolute Gasteiger partial charge is 0.317 e. The Hall–Kier alpha value is -1.26. The van der Waals surface area contributed by atoms with Gasteiger partial charge in [0.1, 0.15) is 0 Å². The standard InChI is InChI=1S/C13H24N2O3/c1-4-10(5-2)14-12(18)15-8-7-13(6-3,9-15)11(16)17/h10H,4-9H2,1-3H3,(H,14,18)(H,16,17). The van der Waals surface area contributed by atoms with Gasteiger partial charge < -0.3 is 15.3 Å². The van der Waals surface area contributed by atoms with Gasteiger partial charge in [0.25, 0.3) is 0 Å². The normalized spacial score (nSPS) is 23.4. The van der Waals surface area contributed by atoms with Crippen molar-refractivity contribution in [3.63, 3.8) is 0 Å². The van der Waals surface area contributed by atoms with Crippen molar-refractivity contribution >= 4 is 12.0 Å². The zero-order valence-corrected chi connectivity index (χ0v) is 11.5. The summed E-state index contributed by atoms with van der Waals surface area (Å²) in [4.78, 5) is 25.0. The first-order valence-electron chi connectivity index (χ1n) is 6.78. The van der Waals surface area contributed by atoms with Gasteiger partial charge in [-0.25, -0.2) is 4.79 Å². The van der Waals surface area contributed by atoms with Gasteiger partial charge in [-0.2, -0.15) is 0 Å². The number of rotatable bonds is 5. The topological polar surface area (TPSA) is 69.6 Å². The maximum atomic E-state index is 12.0. The Labute approximate surface area is 109 Å². The zero-order chi connectivity index (χ0) is 13.8. The summed E-state index contributed by atoms with van der Waals surface area (Å²) in [7, 11) is 0. The molecule has 5 heteroatoms. The third-order valence-electron chi connectivity index (χ3n) is 4.08. The number of carbonyl (C=O) groups excluding carboxylic acids is 1. The highest BCUT2D eigenvalue weighted by Crippen LogP contribution is 2.34. The van der Waals surface area contributed by atoms with Gasteiger partial charge in [-0.15, -0.1) is 0 Å². The van der Waals surface area contributed by atoms with E-state index in [1.54, 1.807) is 4.90 Å². The highest BCUT2D eigenvalue weighted by Gasteiger charge is 2.44. The number of carboxylic acid groups (broad SMARTS) is 1. The van der Waals surface area contributed by atoms with Crippen molar-refractivity contribution in [1.29, 1.82) is 0 Å². The summed E-state index contributed by atoms with van der Waals surface area (Å²) < 4.78 is 0. The van der Waals surface area contributed by atoms with Crippen molar-refractivity contribution in [2.24, 2.45) is 5.41 Å². The summed E-state index contributed by atoms with van der Waals surface area (Å²) >= 11 is 0. The first-order chi connectivity index (χ1) is 8.49. The van der Waals surface area contributed by atoms with Crippen LogP contribution in [0.4, 0.5) is 4.79 Å². The van der Waals surface area contributed by atoms with Crippen LogP contribution in [0, 0.1) is 5.41 Å². The van der Waals surface area contributed by atoms with E-state index in [9.17, 15) is 14.7 Å². The molecular formula is C13H24N2O3. The van der Waals surface area contributed by atoms with Gasteiger partial charge in [0, 0.05) is 19.1 Å². The highest BCUT2D eigenvalue weighted by molar-refractivity contribution is 5.79. The fraction of sp³-hybridized carbons (Fsp3) is 0.846. The lowest BCUT2D eigenvalue weighted by atomic mass is 9.84. The van der Waals surface area contributed by atoms with Crippen LogP contribution in [-0.4, -0.2) is 41.1 Å². The molecule has 1 fully saturated rings. The van der Waals surface area contributed by atoms with E-state index in [-0.39, 0.29) is 12.1 Å². The third kappa shape index (κ3) is 2.94. The number of carboxylic acids is 1. The van der Waals surface area contributed by atoms with E-state index >= 15 is 0 Å². The molecule has 1 unspecified atom stereocenters. The third-order valence-corrected chi connectivity index (χ3v) is 4.08. The van der Waals surface area contributed by atoms with E-state index in [0.29, 0.717) is 25.9 Å². The van der Waals surface area contributed by atoms with E-state index < -0.39 is 11.4 Å². The highest BCUT2D eigenvalue weighted by atomic mass is 16.4. The molecule has 0 spiro atoms. The fourth-order valence-corrected chi connectivity index (χ4v) is 2.42. The first kappa shape index (κ1) is 14.8. The van der Waals surface area contributed by atoms with Gasteiger partial charge in [0.15, 0.2) is 0 Å². The molecule has 1 aliphatic heterocycles. The van der Waals surface area contributed by atoms with Gasteiger partial charge in [-0.05, 0) is 25.7 Å². The molecule has 0 aliphatic carbocycles. The van der Waals surface area contributed by atoms with Crippen molar-refractivity contribution in [1.82, 2.24) is 10.2 Å². The molecule has 1 rings (SSSR count). The van der Waals surface area contributed by atoms with Crippen molar-refractivity contribution in [3.8, 4) is 0 Å². The van der Waals surface area contributed by atoms with Crippen molar-refractivity contribution < 1.29 is 14.7 Å². The quantitative estimate of drug-likeness (QED) is 0.791. The molecule has 1 heterocycles. The number of hydrogen-bond acceptors (Lipinski definition) is 2. The first-order valence-corrected chi connectivity index (χ1v) is 6.78. The number of likely N-dealkylation sites (tertiary alicyclic amines) is 1. The minimum absolute atomic E-state index is 0.125. The average molecular weight is 256 g/mol. The van der Waals surface area contributed by atoms with Gasteiger partial charge in [0.05, 0.1) is 5.41 Å². The van der Waals surface area contributed by atoms with Crippen molar-refractivity contribution in [3.05, 3.63) is 0 Å². The minimum atomic E-state index is -0.789. The minimum Gasteiger partial charge on any atom is -0.481 e. The Morgan fingerprint density at radius 1 is 1.33 bits per heavy atom. The predicted octanol–water partition coefficient (Wildman–Crippen LogP) is 2.07. The molecule has 2 amide bonds. The Balaban J connectivity index is 2.60. The van der Waals surface area contributed by atoms with E-state index in [2.05, 4.69) is 5.32 Å². The van der Waals surface area contributed by atoms with Crippen LogP contribution in [0.15, 0.2) is 0 Å². The lowest BCUT2D eigenvalue weighted by Crippen LogP contribution is -2.45. The number of hydrogen-bond donors (Lipinski definition) is 2. The average Bonchev–Trinajstić information content (AvgIpc) is 2.81. The second-order valence-corrected chi connectivity index (χ2v) is 5.07. The maximum Gasteiger partial charge on any atom is 0.317 e. The number of nitrogens with one attached hydrogen (secondary N) is 1. The van der Waals surface area contributed by atoms with E-state index in [1.165, 1.54) is 0 Å². The number of carbonyl (C=O) groups is 2. The second kappa shape index (κ2) is 6.07. The van der Waals surface area contributed by atoms with Crippen LogP contribution >= 0.6 is 0 Å². The largest absolute Gasteiger partial charge is 0.481 e. The second-order valence-electron chi connectivity index (χ2n) is 5.07. The van der Waals surface area contributed by atoms with Crippen LogP contribution in [0.2, 0.25) is 0 Å². The van der Waals surface area contributed by atoms with Crippen LogP contribution in [-0.2, 0) is 4.79 Å². The van der Waals surface area contributed by atoms with Crippen molar-refractivity contribution in [2.45, 2.75) is 52.5 Å². The van der Waals surface area contributed by atoms with Crippen LogP contribution < -0.4 is 5.32 Å². The monoisotopic (exact) mass is 256 g/mol. The molecule has 1 saturated heterocycles. The van der Waals surface area contributed by atoms with E-state index in [0.717, 1.165) is 12.8 Å². The fourth-order valence-electron chi connectivity index (χ4n) is 2.42. The Kier molecular flexibility index (Phi) is 4.99. The molecule has 0 aromatic carbocycles. The van der Waals surface area contributed by atoms with Crippen LogP contribution in [0.25, 0.3) is 0 Å². The predicted molar refractivity (Wildman–Crippen MR) is 69.5 cm³/mol. The van der Waals surface area contributed by atoms with Crippen LogP contribution in [0.3, 0.4) is 0 Å². The number of urea groups is 1. The number of amides is 2. The summed E-state index contributed by atoms with van der Waals surface area (Å²) in [6.07, 6.45) is 2.91. The zero-order valence-electron chi connectivity index (χ0n) is 11.5. The van der Waals surface area contributed by atoms with Gasteiger partial charge in [-0.3, -0.25) is 4.79 Å². The molecule has 0 bridgehead atoms. The summed E-state index contributed by atoms with van der Waals surface area (Å²) in [6, 6.07) is 0.0548.